The third kappa shape index (κ3) is 4.91. The van der Waals surface area contributed by atoms with Crippen molar-refractivity contribution in [2.45, 2.75) is 44.1 Å². The highest BCUT2D eigenvalue weighted by atomic mass is 16.6. The van der Waals surface area contributed by atoms with Crippen LogP contribution in [0, 0.1) is 16.0 Å². The highest BCUT2D eigenvalue weighted by Gasteiger charge is 2.55. The summed E-state index contributed by atoms with van der Waals surface area (Å²) in [4.78, 5) is 41.9. The van der Waals surface area contributed by atoms with Crippen molar-refractivity contribution in [3.05, 3.63) is 118 Å². The van der Waals surface area contributed by atoms with Crippen molar-refractivity contribution in [2.75, 3.05) is 7.11 Å². The van der Waals surface area contributed by atoms with Crippen LogP contribution >= 0.6 is 0 Å². The van der Waals surface area contributed by atoms with E-state index in [1.54, 1.807) is 31.4 Å². The minimum absolute atomic E-state index is 0.0331. The van der Waals surface area contributed by atoms with Crippen molar-refractivity contribution in [3.8, 4) is 5.75 Å². The van der Waals surface area contributed by atoms with Gasteiger partial charge in [-0.2, -0.15) is 0 Å². The number of likely N-dealkylation sites (tertiary alicyclic amines) is 2. The lowest BCUT2D eigenvalue weighted by Crippen LogP contribution is -2.54. The molecule has 2 fully saturated rings. The number of non-ortho nitro benzene ring substituents is 1. The first-order valence-electron chi connectivity index (χ1n) is 14.0. The molecule has 2 amide bonds. The Morgan fingerprint density at radius 1 is 0.905 bits per heavy atom. The summed E-state index contributed by atoms with van der Waals surface area (Å²) in [5, 5.41) is 24.9. The van der Waals surface area contributed by atoms with Crippen LogP contribution in [0.3, 0.4) is 0 Å². The molecule has 0 aromatic heterocycles. The van der Waals surface area contributed by atoms with Gasteiger partial charge in [0, 0.05) is 30.3 Å². The number of amides is 2. The number of fused-ring (bicyclic) bond motifs is 2. The standard InChI is InChI=1S/C33H31N3O6/c1-42-29-12-5-4-11-26(29)31(37)28-18-17-27-30(34(28)19-21-13-15-24(16-14-21)36(40)41)33(39)35(32(27)38)20-23-9-6-8-22-7-2-3-10-25(22)23/h2-16,27-28,30-31,37H,17-20H2,1H3/t27-,28-,30+,31-/m1/s1. The average Bonchev–Trinajstić information content (AvgIpc) is 3.26. The van der Waals surface area contributed by atoms with Gasteiger partial charge in [0.25, 0.3) is 5.69 Å². The van der Waals surface area contributed by atoms with Crippen LogP contribution in [0.15, 0.2) is 91.0 Å². The lowest BCUT2D eigenvalue weighted by atomic mass is 9.83. The van der Waals surface area contributed by atoms with Crippen molar-refractivity contribution in [2.24, 2.45) is 5.92 Å². The number of nitrogens with zero attached hydrogens (tertiary/aromatic N) is 3. The predicted molar refractivity (Wildman–Crippen MR) is 156 cm³/mol. The van der Waals surface area contributed by atoms with Gasteiger partial charge in [-0.15, -0.1) is 0 Å². The number of hydrogen-bond acceptors (Lipinski definition) is 7. The summed E-state index contributed by atoms with van der Waals surface area (Å²) in [5.41, 5.74) is 2.20. The smallest absolute Gasteiger partial charge is 0.269 e. The fourth-order valence-corrected chi connectivity index (χ4v) is 6.52. The molecule has 4 aromatic rings. The lowest BCUT2D eigenvalue weighted by Gasteiger charge is -2.43. The first-order valence-corrected chi connectivity index (χ1v) is 14.0. The third-order valence-corrected chi connectivity index (χ3v) is 8.58. The molecule has 2 aliphatic rings. The van der Waals surface area contributed by atoms with Crippen LogP contribution in [0.25, 0.3) is 10.8 Å². The fourth-order valence-electron chi connectivity index (χ4n) is 6.52. The number of rotatable bonds is 8. The SMILES string of the molecule is COc1ccccc1[C@@H](O)[C@H]1CC[C@H]2C(=O)N(Cc3cccc4ccccc34)C(=O)[C@H]2N1Cc1ccc([N+](=O)[O-])cc1. The molecule has 0 bridgehead atoms. The van der Waals surface area contributed by atoms with Crippen LogP contribution < -0.4 is 4.74 Å². The summed E-state index contributed by atoms with van der Waals surface area (Å²) in [6.07, 6.45) is -0.0567. The number of aliphatic hydroxyl groups is 1. The van der Waals surface area contributed by atoms with Crippen LogP contribution in [0.4, 0.5) is 5.69 Å². The molecule has 0 saturated carbocycles. The van der Waals surface area contributed by atoms with Crippen LogP contribution in [0.2, 0.25) is 0 Å². The Kier molecular flexibility index (Phi) is 7.45. The highest BCUT2D eigenvalue weighted by Crippen LogP contribution is 2.42. The van der Waals surface area contributed by atoms with Crippen LogP contribution in [0.5, 0.6) is 5.75 Å². The number of hydrogen-bond donors (Lipinski definition) is 1. The van der Waals surface area contributed by atoms with Gasteiger partial charge in [0.2, 0.25) is 11.8 Å². The monoisotopic (exact) mass is 565 g/mol. The van der Waals surface area contributed by atoms with E-state index in [-0.39, 0.29) is 30.6 Å². The van der Waals surface area contributed by atoms with Crippen molar-refractivity contribution >= 4 is 28.3 Å². The molecular weight excluding hydrogens is 534 g/mol. The Bertz CT molecular complexity index is 1650. The number of methoxy groups -OCH3 is 1. The molecule has 214 valence electrons. The average molecular weight is 566 g/mol. The number of nitro groups is 1. The van der Waals surface area contributed by atoms with E-state index in [2.05, 4.69) is 0 Å². The minimum Gasteiger partial charge on any atom is -0.496 e. The number of nitro benzene ring substituents is 1. The van der Waals surface area contributed by atoms with Crippen molar-refractivity contribution < 1.29 is 24.4 Å². The van der Waals surface area contributed by atoms with Gasteiger partial charge < -0.3 is 9.84 Å². The minimum atomic E-state index is -0.991. The maximum Gasteiger partial charge on any atom is 0.269 e. The van der Waals surface area contributed by atoms with Crippen molar-refractivity contribution in [1.29, 1.82) is 0 Å². The number of para-hydroxylation sites is 1. The molecule has 1 N–H and O–H groups in total. The zero-order valence-corrected chi connectivity index (χ0v) is 23.1. The zero-order chi connectivity index (χ0) is 29.4. The van der Waals surface area contributed by atoms with Crippen LogP contribution in [-0.2, 0) is 22.7 Å². The summed E-state index contributed by atoms with van der Waals surface area (Å²) in [6, 6.07) is 25.9. The number of carbonyl (C=O) groups is 2. The zero-order valence-electron chi connectivity index (χ0n) is 23.1. The summed E-state index contributed by atoms with van der Waals surface area (Å²) in [5.74, 6) is -0.519. The van der Waals surface area contributed by atoms with E-state index in [0.717, 1.165) is 21.9 Å². The third-order valence-electron chi connectivity index (χ3n) is 8.58. The number of piperidine rings is 1. The van der Waals surface area contributed by atoms with Gasteiger partial charge in [-0.3, -0.25) is 29.5 Å². The molecule has 2 saturated heterocycles. The molecule has 0 radical (unpaired) electrons. The first kappa shape index (κ1) is 27.6. The second-order valence-corrected chi connectivity index (χ2v) is 10.9. The van der Waals surface area contributed by atoms with Gasteiger partial charge in [-0.05, 0) is 40.8 Å². The van der Waals surface area contributed by atoms with Gasteiger partial charge in [0.15, 0.2) is 0 Å². The number of benzene rings is 4. The molecular formula is C33H31N3O6. The second-order valence-electron chi connectivity index (χ2n) is 10.9. The van der Waals surface area contributed by atoms with Gasteiger partial charge in [-0.25, -0.2) is 0 Å². The Balaban J connectivity index is 1.36. The fraction of sp³-hybridized carbons (Fsp3) is 0.273. The Morgan fingerprint density at radius 2 is 1.62 bits per heavy atom. The van der Waals surface area contributed by atoms with E-state index >= 15 is 0 Å². The quantitative estimate of drug-likeness (QED) is 0.182. The predicted octanol–water partition coefficient (Wildman–Crippen LogP) is 5.01. The van der Waals surface area contributed by atoms with E-state index in [4.69, 9.17) is 4.74 Å². The van der Waals surface area contributed by atoms with Gasteiger partial charge in [0.05, 0.1) is 30.6 Å². The molecule has 9 heteroatoms. The molecule has 0 spiro atoms. The first-order chi connectivity index (χ1) is 20.4. The van der Waals surface area contributed by atoms with E-state index < -0.39 is 29.0 Å². The molecule has 2 heterocycles. The van der Waals surface area contributed by atoms with Gasteiger partial charge >= 0.3 is 0 Å². The van der Waals surface area contributed by atoms with Gasteiger partial charge in [-0.1, -0.05) is 72.8 Å². The van der Waals surface area contributed by atoms with Crippen LogP contribution in [0.1, 0.15) is 35.6 Å². The number of ether oxygens (including phenoxy) is 1. The Hall–Kier alpha value is -4.60. The molecule has 42 heavy (non-hydrogen) atoms. The molecule has 9 nitrogen and oxygen atoms in total. The van der Waals surface area contributed by atoms with Gasteiger partial charge in [0.1, 0.15) is 11.8 Å². The Morgan fingerprint density at radius 3 is 2.38 bits per heavy atom. The van der Waals surface area contributed by atoms with E-state index in [1.807, 2.05) is 59.5 Å². The lowest BCUT2D eigenvalue weighted by molar-refractivity contribution is -0.384. The summed E-state index contributed by atoms with van der Waals surface area (Å²) < 4.78 is 5.52. The largest absolute Gasteiger partial charge is 0.496 e. The molecule has 4 aromatic carbocycles. The van der Waals surface area contributed by atoms with Crippen LogP contribution in [-0.4, -0.2) is 50.8 Å². The number of imide groups is 1. The highest BCUT2D eigenvalue weighted by molar-refractivity contribution is 6.07. The summed E-state index contributed by atoms with van der Waals surface area (Å²) in [7, 11) is 1.54. The van der Waals surface area contributed by atoms with E-state index in [1.165, 1.54) is 17.0 Å². The summed E-state index contributed by atoms with van der Waals surface area (Å²) in [6.45, 7) is 0.397. The van der Waals surface area contributed by atoms with Crippen molar-refractivity contribution in [3.63, 3.8) is 0 Å². The van der Waals surface area contributed by atoms with E-state index in [9.17, 15) is 24.8 Å². The second kappa shape index (κ2) is 11.3. The normalized spacial score (nSPS) is 21.4. The molecule has 0 unspecified atom stereocenters. The molecule has 6 rings (SSSR count). The molecule has 2 aliphatic heterocycles. The molecule has 4 atom stereocenters. The molecule has 0 aliphatic carbocycles. The van der Waals surface area contributed by atoms with Crippen molar-refractivity contribution in [1.82, 2.24) is 9.80 Å². The number of carbonyl (C=O) groups excluding carboxylic acids is 2. The maximum atomic E-state index is 14.1. The topological polar surface area (TPSA) is 113 Å². The van der Waals surface area contributed by atoms with E-state index in [0.29, 0.717) is 24.2 Å². The summed E-state index contributed by atoms with van der Waals surface area (Å²) >= 11 is 0. The Labute approximate surface area is 243 Å². The maximum absolute atomic E-state index is 14.1. The number of aliphatic hydroxyl groups excluding tert-OH is 1.